The molecule has 0 N–H and O–H groups in total. The number of thioether (sulfide) groups is 1. The van der Waals surface area contributed by atoms with Crippen LogP contribution in [0.1, 0.15) is 17.3 Å². The molecule has 0 saturated carbocycles. The van der Waals surface area contributed by atoms with Crippen LogP contribution in [0.3, 0.4) is 0 Å². The predicted octanol–water partition coefficient (Wildman–Crippen LogP) is 4.83. The second-order valence-corrected chi connectivity index (χ2v) is 7.65. The topological polar surface area (TPSA) is 60.7 Å². The number of carbonyl (C=O) groups excluding carboxylic acids is 1. The molecule has 2 aromatic carbocycles. The van der Waals surface area contributed by atoms with Crippen molar-refractivity contribution in [1.82, 2.24) is 19.7 Å². The Morgan fingerprint density at radius 2 is 1.66 bits per heavy atom. The summed E-state index contributed by atoms with van der Waals surface area (Å²) < 4.78 is 15.1. The van der Waals surface area contributed by atoms with Crippen LogP contribution in [0.5, 0.6) is 0 Å². The van der Waals surface area contributed by atoms with Crippen LogP contribution in [0, 0.1) is 5.82 Å². The lowest BCUT2D eigenvalue weighted by Crippen LogP contribution is -2.14. The molecule has 1 atom stereocenters. The van der Waals surface area contributed by atoms with E-state index in [0.717, 1.165) is 11.3 Å². The van der Waals surface area contributed by atoms with Gasteiger partial charge in [0.25, 0.3) is 0 Å². The third-order valence-electron chi connectivity index (χ3n) is 4.37. The Morgan fingerprint density at radius 1 is 0.966 bits per heavy atom. The first kappa shape index (κ1) is 19.0. The molecule has 5 nitrogen and oxygen atoms in total. The van der Waals surface area contributed by atoms with Gasteiger partial charge in [-0.15, -0.1) is 10.2 Å². The maximum atomic E-state index is 13.2. The van der Waals surface area contributed by atoms with Crippen LogP contribution in [-0.4, -0.2) is 30.8 Å². The van der Waals surface area contributed by atoms with Crippen molar-refractivity contribution in [3.8, 4) is 17.1 Å². The molecular weight excluding hydrogens is 387 g/mol. The van der Waals surface area contributed by atoms with E-state index in [1.807, 2.05) is 54.0 Å². The third-order valence-corrected chi connectivity index (χ3v) is 5.41. The van der Waals surface area contributed by atoms with Crippen LogP contribution in [0.2, 0.25) is 0 Å². The van der Waals surface area contributed by atoms with Crippen LogP contribution in [0.4, 0.5) is 4.39 Å². The molecule has 2 heterocycles. The first-order valence-electron chi connectivity index (χ1n) is 9.01. The van der Waals surface area contributed by atoms with Crippen molar-refractivity contribution < 1.29 is 9.18 Å². The highest BCUT2D eigenvalue weighted by atomic mass is 32.2. The molecule has 0 spiro atoms. The smallest absolute Gasteiger partial charge is 0.196 e. The molecule has 0 saturated heterocycles. The summed E-state index contributed by atoms with van der Waals surface area (Å²) in [4.78, 5) is 16.8. The average molecular weight is 404 g/mol. The Bertz CT molecular complexity index is 1110. The lowest BCUT2D eigenvalue weighted by Gasteiger charge is -2.13. The predicted molar refractivity (Wildman–Crippen MR) is 111 cm³/mol. The van der Waals surface area contributed by atoms with E-state index in [0.29, 0.717) is 16.5 Å². The zero-order chi connectivity index (χ0) is 20.2. The van der Waals surface area contributed by atoms with Crippen molar-refractivity contribution in [1.29, 1.82) is 0 Å². The van der Waals surface area contributed by atoms with Gasteiger partial charge in [0.1, 0.15) is 5.82 Å². The van der Waals surface area contributed by atoms with Gasteiger partial charge in [-0.1, -0.05) is 30.0 Å². The van der Waals surface area contributed by atoms with Crippen molar-refractivity contribution in [2.24, 2.45) is 0 Å². The van der Waals surface area contributed by atoms with Gasteiger partial charge in [0.2, 0.25) is 0 Å². The van der Waals surface area contributed by atoms with Crippen LogP contribution >= 0.6 is 11.8 Å². The minimum absolute atomic E-state index is 0.0944. The Hall–Kier alpha value is -3.32. The monoisotopic (exact) mass is 404 g/mol. The minimum Gasteiger partial charge on any atom is -0.293 e. The highest BCUT2D eigenvalue weighted by molar-refractivity contribution is 8.00. The van der Waals surface area contributed by atoms with E-state index in [1.165, 1.54) is 36.0 Å². The van der Waals surface area contributed by atoms with Gasteiger partial charge >= 0.3 is 0 Å². The second-order valence-electron chi connectivity index (χ2n) is 6.34. The summed E-state index contributed by atoms with van der Waals surface area (Å²) in [5.74, 6) is 0.207. The number of halogens is 1. The van der Waals surface area contributed by atoms with Gasteiger partial charge in [-0.25, -0.2) is 4.39 Å². The maximum Gasteiger partial charge on any atom is 0.196 e. The lowest BCUT2D eigenvalue weighted by molar-refractivity contribution is 0.0994. The van der Waals surface area contributed by atoms with Crippen LogP contribution in [0.25, 0.3) is 17.1 Å². The average Bonchev–Trinajstić information content (AvgIpc) is 3.18. The highest BCUT2D eigenvalue weighted by Crippen LogP contribution is 2.31. The molecule has 0 aliphatic heterocycles. The molecular formula is C22H17FN4OS. The van der Waals surface area contributed by atoms with Gasteiger partial charge in [-0.3, -0.25) is 14.3 Å². The normalized spacial score (nSPS) is 11.9. The molecule has 2 aromatic heterocycles. The van der Waals surface area contributed by atoms with Crippen LogP contribution in [-0.2, 0) is 0 Å². The molecule has 29 heavy (non-hydrogen) atoms. The van der Waals surface area contributed by atoms with E-state index in [1.54, 1.807) is 12.4 Å². The Balaban J connectivity index is 1.69. The summed E-state index contributed by atoms with van der Waals surface area (Å²) in [5.41, 5.74) is 2.24. The summed E-state index contributed by atoms with van der Waals surface area (Å²) in [6.07, 6.45) is 3.40. The molecule has 7 heteroatoms. The first-order valence-corrected chi connectivity index (χ1v) is 9.89. The minimum atomic E-state index is -0.419. The number of pyridine rings is 1. The maximum absolute atomic E-state index is 13.2. The van der Waals surface area contributed by atoms with Crippen molar-refractivity contribution in [3.63, 3.8) is 0 Å². The molecule has 0 radical (unpaired) electrons. The van der Waals surface area contributed by atoms with Gasteiger partial charge in [-0.05, 0) is 55.5 Å². The molecule has 4 rings (SSSR count). The molecule has 144 valence electrons. The number of benzene rings is 2. The number of para-hydroxylation sites is 1. The fraction of sp³-hybridized carbons (Fsp3) is 0.0909. The third kappa shape index (κ3) is 4.09. The SMILES string of the molecule is CC(Sc1nnc(-c2ccncc2)n1-c1ccccc1)C(=O)c1ccc(F)cc1. The fourth-order valence-corrected chi connectivity index (χ4v) is 3.85. The van der Waals surface area contributed by atoms with Gasteiger partial charge < -0.3 is 0 Å². The van der Waals surface area contributed by atoms with Crippen LogP contribution in [0.15, 0.2) is 84.3 Å². The zero-order valence-electron chi connectivity index (χ0n) is 15.6. The molecule has 0 bridgehead atoms. The standard InChI is InChI=1S/C22H17FN4OS/c1-15(20(28)16-7-9-18(23)10-8-16)29-22-26-25-21(17-11-13-24-14-12-17)27(22)19-5-3-2-4-6-19/h2-15H,1H3. The summed E-state index contributed by atoms with van der Waals surface area (Å²) in [6, 6.07) is 19.0. The van der Waals surface area contributed by atoms with E-state index in [2.05, 4.69) is 15.2 Å². The largest absolute Gasteiger partial charge is 0.293 e. The molecule has 0 aliphatic carbocycles. The summed E-state index contributed by atoms with van der Waals surface area (Å²) >= 11 is 1.32. The quantitative estimate of drug-likeness (QED) is 0.340. The van der Waals surface area contributed by atoms with Crippen molar-refractivity contribution >= 4 is 17.5 Å². The number of Topliss-reactive ketones (excluding diaryl/α,β-unsaturated/α-hetero) is 1. The van der Waals surface area contributed by atoms with E-state index < -0.39 is 5.25 Å². The zero-order valence-corrected chi connectivity index (χ0v) is 16.4. The van der Waals surface area contributed by atoms with E-state index >= 15 is 0 Å². The van der Waals surface area contributed by atoms with Gasteiger partial charge in [0, 0.05) is 29.2 Å². The molecule has 4 aromatic rings. The number of hydrogen-bond donors (Lipinski definition) is 0. The molecule has 1 unspecified atom stereocenters. The fourth-order valence-electron chi connectivity index (χ4n) is 2.90. The van der Waals surface area contributed by atoms with E-state index in [9.17, 15) is 9.18 Å². The number of ketones is 1. The Kier molecular flexibility index (Phi) is 5.48. The molecule has 0 fully saturated rings. The lowest BCUT2D eigenvalue weighted by atomic mass is 10.1. The van der Waals surface area contributed by atoms with Crippen molar-refractivity contribution in [3.05, 3.63) is 90.5 Å². The number of carbonyl (C=O) groups is 1. The molecule has 0 amide bonds. The number of aromatic nitrogens is 4. The van der Waals surface area contributed by atoms with Gasteiger partial charge in [0.05, 0.1) is 5.25 Å². The Morgan fingerprint density at radius 3 is 2.34 bits per heavy atom. The first-order chi connectivity index (χ1) is 14.1. The Labute approximate surface area is 171 Å². The van der Waals surface area contributed by atoms with Crippen molar-refractivity contribution in [2.45, 2.75) is 17.3 Å². The van der Waals surface area contributed by atoms with Gasteiger partial charge in [-0.2, -0.15) is 0 Å². The summed E-state index contributed by atoms with van der Waals surface area (Å²) in [7, 11) is 0. The highest BCUT2D eigenvalue weighted by Gasteiger charge is 2.22. The summed E-state index contributed by atoms with van der Waals surface area (Å²) in [6.45, 7) is 1.81. The van der Waals surface area contributed by atoms with Crippen LogP contribution < -0.4 is 0 Å². The van der Waals surface area contributed by atoms with Crippen molar-refractivity contribution in [2.75, 3.05) is 0 Å². The number of nitrogens with zero attached hydrogens (tertiary/aromatic N) is 4. The second kappa shape index (κ2) is 8.36. The van der Waals surface area contributed by atoms with E-state index in [-0.39, 0.29) is 11.6 Å². The van der Waals surface area contributed by atoms with Gasteiger partial charge in [0.15, 0.2) is 16.8 Å². The summed E-state index contributed by atoms with van der Waals surface area (Å²) in [5, 5.41) is 8.89. The molecule has 0 aliphatic rings. The van der Waals surface area contributed by atoms with E-state index in [4.69, 9.17) is 0 Å². The number of rotatable bonds is 6. The number of hydrogen-bond acceptors (Lipinski definition) is 5.